The Morgan fingerprint density at radius 3 is 2.95 bits per heavy atom. The van der Waals surface area contributed by atoms with Crippen LogP contribution >= 0.6 is 11.8 Å². The number of benzene rings is 1. The molecular weight excluding hydrogens is 277 g/mol. The molecule has 3 rings (SSSR count). The van der Waals surface area contributed by atoms with Gasteiger partial charge in [0.05, 0.1) is 5.75 Å². The van der Waals surface area contributed by atoms with E-state index >= 15 is 0 Å². The van der Waals surface area contributed by atoms with Crippen molar-refractivity contribution in [2.45, 2.75) is 41.9 Å². The highest BCUT2D eigenvalue weighted by Crippen LogP contribution is 2.32. The van der Waals surface area contributed by atoms with Gasteiger partial charge < -0.3 is 10.3 Å². The molecular formula is C14H16FN3OS. The highest BCUT2D eigenvalue weighted by atomic mass is 32.2. The summed E-state index contributed by atoms with van der Waals surface area (Å²) in [6, 6.07) is 6.47. The summed E-state index contributed by atoms with van der Waals surface area (Å²) < 4.78 is 18.3. The lowest BCUT2D eigenvalue weighted by atomic mass is 9.75. The predicted molar refractivity (Wildman–Crippen MR) is 74.7 cm³/mol. The molecule has 0 aliphatic heterocycles. The Morgan fingerprint density at radius 1 is 1.40 bits per heavy atom. The van der Waals surface area contributed by atoms with E-state index in [0.717, 1.165) is 17.7 Å². The van der Waals surface area contributed by atoms with Crippen molar-refractivity contribution in [1.82, 2.24) is 10.1 Å². The Balaban J connectivity index is 1.57. The van der Waals surface area contributed by atoms with E-state index in [1.165, 1.54) is 30.3 Å². The largest absolute Gasteiger partial charge is 0.339 e. The van der Waals surface area contributed by atoms with Gasteiger partial charge in [-0.15, -0.1) is 11.8 Å². The van der Waals surface area contributed by atoms with E-state index in [9.17, 15) is 4.39 Å². The number of hydrogen-bond acceptors (Lipinski definition) is 5. The summed E-state index contributed by atoms with van der Waals surface area (Å²) in [4.78, 5) is 5.19. The Bertz CT molecular complexity index is 598. The maximum absolute atomic E-state index is 13.1. The fourth-order valence-corrected chi connectivity index (χ4v) is 3.02. The zero-order chi connectivity index (χ0) is 14.0. The number of aromatic nitrogens is 2. The van der Waals surface area contributed by atoms with Crippen LogP contribution in [-0.4, -0.2) is 15.7 Å². The summed E-state index contributed by atoms with van der Waals surface area (Å²) in [6.45, 7) is 0. The van der Waals surface area contributed by atoms with Crippen LogP contribution in [-0.2, 0) is 12.2 Å². The quantitative estimate of drug-likeness (QED) is 0.859. The van der Waals surface area contributed by atoms with Crippen LogP contribution in [0.1, 0.15) is 31.0 Å². The third-order valence-corrected chi connectivity index (χ3v) is 4.52. The second-order valence-electron chi connectivity index (χ2n) is 5.24. The molecule has 0 unspecified atom stereocenters. The minimum atomic E-state index is -0.237. The van der Waals surface area contributed by atoms with Crippen molar-refractivity contribution in [2.75, 3.05) is 0 Å². The summed E-state index contributed by atoms with van der Waals surface area (Å²) in [5.41, 5.74) is 6.00. The van der Waals surface area contributed by atoms with Gasteiger partial charge in [-0.3, -0.25) is 0 Å². The molecule has 2 N–H and O–H groups in total. The molecule has 1 fully saturated rings. The zero-order valence-electron chi connectivity index (χ0n) is 11.0. The van der Waals surface area contributed by atoms with Crippen molar-refractivity contribution >= 4 is 11.8 Å². The molecule has 1 saturated carbocycles. The maximum Gasteiger partial charge on any atom is 0.228 e. The minimum Gasteiger partial charge on any atom is -0.339 e. The van der Waals surface area contributed by atoms with E-state index in [1.807, 2.05) is 6.07 Å². The predicted octanol–water partition coefficient (Wildman–Crippen LogP) is 2.92. The number of halogens is 1. The molecule has 1 aliphatic rings. The summed E-state index contributed by atoms with van der Waals surface area (Å²) in [5.74, 6) is 1.54. The van der Waals surface area contributed by atoms with Crippen LogP contribution in [0.4, 0.5) is 4.39 Å². The second-order valence-corrected chi connectivity index (χ2v) is 6.29. The second kappa shape index (κ2) is 5.54. The highest BCUT2D eigenvalue weighted by molar-refractivity contribution is 7.98. The molecule has 0 saturated heterocycles. The molecule has 20 heavy (non-hydrogen) atoms. The fraction of sp³-hybridized carbons (Fsp3) is 0.429. The standard InChI is InChI=1S/C14H16FN3OS/c15-10-3-1-4-11(7-10)20-9-12-17-13(19-18-12)8-14(16)5-2-6-14/h1,3-4,7H,2,5-6,8-9,16H2. The first kappa shape index (κ1) is 13.6. The molecule has 0 atom stereocenters. The number of rotatable bonds is 5. The third kappa shape index (κ3) is 3.19. The molecule has 4 nitrogen and oxygen atoms in total. The third-order valence-electron chi connectivity index (χ3n) is 3.53. The van der Waals surface area contributed by atoms with E-state index in [2.05, 4.69) is 10.1 Å². The monoisotopic (exact) mass is 293 g/mol. The topological polar surface area (TPSA) is 64.9 Å². The van der Waals surface area contributed by atoms with E-state index in [4.69, 9.17) is 10.3 Å². The summed E-state index contributed by atoms with van der Waals surface area (Å²) in [6.07, 6.45) is 3.85. The molecule has 1 aliphatic carbocycles. The van der Waals surface area contributed by atoms with Crippen LogP contribution < -0.4 is 5.73 Å². The van der Waals surface area contributed by atoms with Crippen molar-refractivity contribution in [3.63, 3.8) is 0 Å². The van der Waals surface area contributed by atoms with Gasteiger partial charge in [0.15, 0.2) is 5.82 Å². The lowest BCUT2D eigenvalue weighted by molar-refractivity contribution is 0.221. The lowest BCUT2D eigenvalue weighted by Crippen LogP contribution is -2.48. The van der Waals surface area contributed by atoms with Crippen LogP contribution in [0.5, 0.6) is 0 Å². The molecule has 0 spiro atoms. The lowest BCUT2D eigenvalue weighted by Gasteiger charge is -2.36. The summed E-state index contributed by atoms with van der Waals surface area (Å²) in [5, 5.41) is 3.94. The molecule has 0 amide bonds. The van der Waals surface area contributed by atoms with E-state index < -0.39 is 0 Å². The summed E-state index contributed by atoms with van der Waals surface area (Å²) in [7, 11) is 0. The van der Waals surface area contributed by atoms with Gasteiger partial charge in [0.2, 0.25) is 5.89 Å². The van der Waals surface area contributed by atoms with Crippen molar-refractivity contribution in [3.8, 4) is 0 Å². The highest BCUT2D eigenvalue weighted by Gasteiger charge is 2.34. The number of nitrogens with two attached hydrogens (primary N) is 1. The molecule has 2 aromatic rings. The van der Waals surface area contributed by atoms with Crippen LogP contribution in [0.15, 0.2) is 33.7 Å². The van der Waals surface area contributed by atoms with E-state index in [1.54, 1.807) is 6.07 Å². The van der Waals surface area contributed by atoms with Crippen LogP contribution in [0.25, 0.3) is 0 Å². The molecule has 1 aromatic carbocycles. The van der Waals surface area contributed by atoms with Crippen LogP contribution in [0.2, 0.25) is 0 Å². The van der Waals surface area contributed by atoms with Gasteiger partial charge in [0, 0.05) is 16.9 Å². The molecule has 0 radical (unpaired) electrons. The Hall–Kier alpha value is -1.40. The first-order valence-corrected chi connectivity index (χ1v) is 7.60. The smallest absolute Gasteiger partial charge is 0.228 e. The van der Waals surface area contributed by atoms with Crippen molar-refractivity contribution in [1.29, 1.82) is 0 Å². The number of nitrogens with zero attached hydrogens (tertiary/aromatic N) is 2. The number of hydrogen-bond donors (Lipinski definition) is 1. The fourth-order valence-electron chi connectivity index (χ4n) is 2.23. The Labute approximate surface area is 120 Å². The van der Waals surface area contributed by atoms with Gasteiger partial charge in [-0.1, -0.05) is 11.2 Å². The zero-order valence-corrected chi connectivity index (χ0v) is 11.8. The molecule has 106 valence electrons. The molecule has 1 aromatic heterocycles. The minimum absolute atomic E-state index is 0.153. The summed E-state index contributed by atoms with van der Waals surface area (Å²) >= 11 is 1.48. The maximum atomic E-state index is 13.1. The normalized spacial score (nSPS) is 16.9. The van der Waals surface area contributed by atoms with E-state index in [0.29, 0.717) is 23.9 Å². The first-order valence-electron chi connectivity index (χ1n) is 6.62. The SMILES string of the molecule is NC1(Cc2nc(CSc3cccc(F)c3)no2)CCC1. The van der Waals surface area contributed by atoms with Crippen molar-refractivity contribution in [3.05, 3.63) is 41.8 Å². The van der Waals surface area contributed by atoms with Gasteiger partial charge in [-0.05, 0) is 37.5 Å². The van der Waals surface area contributed by atoms with Gasteiger partial charge in [0.25, 0.3) is 0 Å². The first-order chi connectivity index (χ1) is 9.63. The van der Waals surface area contributed by atoms with E-state index in [-0.39, 0.29) is 11.4 Å². The Kier molecular flexibility index (Phi) is 3.76. The van der Waals surface area contributed by atoms with Crippen LogP contribution in [0, 0.1) is 5.82 Å². The molecule has 6 heteroatoms. The Morgan fingerprint density at radius 2 is 2.25 bits per heavy atom. The van der Waals surface area contributed by atoms with Crippen molar-refractivity contribution < 1.29 is 8.91 Å². The molecule has 1 heterocycles. The van der Waals surface area contributed by atoms with Crippen LogP contribution in [0.3, 0.4) is 0 Å². The average molecular weight is 293 g/mol. The van der Waals surface area contributed by atoms with Crippen molar-refractivity contribution in [2.24, 2.45) is 5.73 Å². The van der Waals surface area contributed by atoms with Gasteiger partial charge in [0.1, 0.15) is 5.82 Å². The average Bonchev–Trinajstić information content (AvgIpc) is 2.82. The van der Waals surface area contributed by atoms with Gasteiger partial charge >= 0.3 is 0 Å². The number of thioether (sulfide) groups is 1. The van der Waals surface area contributed by atoms with Gasteiger partial charge in [-0.2, -0.15) is 4.98 Å². The molecule has 0 bridgehead atoms. The van der Waals surface area contributed by atoms with Gasteiger partial charge in [-0.25, -0.2) is 4.39 Å².